The molecule has 2 aromatic carbocycles. The van der Waals surface area contributed by atoms with E-state index < -0.39 is 17.5 Å². The van der Waals surface area contributed by atoms with Gasteiger partial charge in [0.2, 0.25) is 12.7 Å². The average Bonchev–Trinajstić information content (AvgIpc) is 3.33. The van der Waals surface area contributed by atoms with Gasteiger partial charge in [-0.3, -0.25) is 14.5 Å². The number of benzene rings is 2. The molecule has 1 N–H and O–H groups in total. The first kappa shape index (κ1) is 22.4. The van der Waals surface area contributed by atoms with Crippen LogP contribution < -0.4 is 19.5 Å². The lowest BCUT2D eigenvalue weighted by atomic mass is 9.92. The lowest BCUT2D eigenvalue weighted by Crippen LogP contribution is -2.47. The lowest BCUT2D eigenvalue weighted by molar-refractivity contribution is -0.138. The molecule has 0 saturated carbocycles. The highest BCUT2D eigenvalue weighted by atomic mass is 16.7. The van der Waals surface area contributed by atoms with Gasteiger partial charge >= 0.3 is 6.03 Å². The van der Waals surface area contributed by atoms with Gasteiger partial charge in [0.15, 0.2) is 11.5 Å². The molecule has 0 bridgehead atoms. The first-order valence-corrected chi connectivity index (χ1v) is 10.8. The van der Waals surface area contributed by atoms with Gasteiger partial charge in [-0.25, -0.2) is 4.79 Å². The summed E-state index contributed by atoms with van der Waals surface area (Å²) in [6.45, 7) is 4.34. The van der Waals surface area contributed by atoms with Crippen LogP contribution in [0.3, 0.4) is 0 Å². The van der Waals surface area contributed by atoms with Gasteiger partial charge in [0, 0.05) is 20.0 Å². The summed E-state index contributed by atoms with van der Waals surface area (Å²) >= 11 is 0. The number of nitrogens with one attached hydrogen (secondary N) is 1. The molecule has 2 aromatic rings. The van der Waals surface area contributed by atoms with Crippen molar-refractivity contribution in [2.24, 2.45) is 0 Å². The summed E-state index contributed by atoms with van der Waals surface area (Å²) in [5.41, 5.74) is 0.578. The van der Waals surface area contributed by atoms with Crippen LogP contribution in [0.4, 0.5) is 4.79 Å². The number of carbonyl (C=O) groups is 3. The van der Waals surface area contributed by atoms with Gasteiger partial charge in [-0.15, -0.1) is 0 Å². The van der Waals surface area contributed by atoms with Crippen molar-refractivity contribution in [2.75, 3.05) is 27.0 Å². The number of amides is 4. The van der Waals surface area contributed by atoms with Crippen molar-refractivity contribution in [3.8, 4) is 17.2 Å². The van der Waals surface area contributed by atoms with Crippen LogP contribution in [0.2, 0.25) is 0 Å². The maximum atomic E-state index is 13.1. The number of ether oxygens (including phenoxy) is 3. The molecule has 0 aromatic heterocycles. The summed E-state index contributed by atoms with van der Waals surface area (Å²) < 4.78 is 16.1. The number of imide groups is 1. The molecule has 0 spiro atoms. The molecule has 4 amide bonds. The van der Waals surface area contributed by atoms with E-state index in [9.17, 15) is 14.4 Å². The van der Waals surface area contributed by atoms with Gasteiger partial charge in [-0.2, -0.15) is 0 Å². The number of hydrogen-bond acceptors (Lipinski definition) is 6. The van der Waals surface area contributed by atoms with Gasteiger partial charge in [0.25, 0.3) is 5.91 Å². The fourth-order valence-electron chi connectivity index (χ4n) is 3.95. The standard InChI is InChI=1S/C24H27N3O6/c1-4-31-18-8-5-16(6-9-18)13-26(3)21(28)14-27-22(29)24(2,25-23(27)30)12-17-7-10-19-20(11-17)33-15-32-19/h5-11H,4,12-15H2,1-3H3,(H,25,30). The van der Waals surface area contributed by atoms with Gasteiger partial charge in [0.1, 0.15) is 17.8 Å². The van der Waals surface area contributed by atoms with E-state index >= 15 is 0 Å². The average molecular weight is 453 g/mol. The van der Waals surface area contributed by atoms with Crippen molar-refractivity contribution in [3.05, 3.63) is 53.6 Å². The minimum atomic E-state index is -1.15. The minimum absolute atomic E-state index is 0.159. The zero-order valence-corrected chi connectivity index (χ0v) is 18.9. The van der Waals surface area contributed by atoms with E-state index in [1.807, 2.05) is 37.3 Å². The van der Waals surface area contributed by atoms with E-state index in [-0.39, 0.29) is 25.7 Å². The van der Waals surface area contributed by atoms with Crippen molar-refractivity contribution in [3.63, 3.8) is 0 Å². The van der Waals surface area contributed by atoms with Crippen molar-refractivity contribution in [2.45, 2.75) is 32.4 Å². The molecule has 0 radical (unpaired) electrons. The molecule has 9 nitrogen and oxygen atoms in total. The lowest BCUT2D eigenvalue weighted by Gasteiger charge is -2.23. The van der Waals surface area contributed by atoms with Crippen LogP contribution in [0.5, 0.6) is 17.2 Å². The molecule has 2 aliphatic heterocycles. The molecule has 9 heteroatoms. The summed E-state index contributed by atoms with van der Waals surface area (Å²) in [7, 11) is 1.64. The molecule has 1 atom stereocenters. The smallest absolute Gasteiger partial charge is 0.325 e. The van der Waals surface area contributed by atoms with Crippen LogP contribution in [0.1, 0.15) is 25.0 Å². The number of fused-ring (bicyclic) bond motifs is 1. The fraction of sp³-hybridized carbons (Fsp3) is 0.375. The highest BCUT2D eigenvalue weighted by Crippen LogP contribution is 2.34. The highest BCUT2D eigenvalue weighted by Gasteiger charge is 2.48. The Morgan fingerprint density at radius 2 is 1.82 bits per heavy atom. The quantitative estimate of drug-likeness (QED) is 0.616. The Hall–Kier alpha value is -3.75. The Labute approximate surface area is 192 Å². The fourth-order valence-corrected chi connectivity index (χ4v) is 3.95. The van der Waals surface area contributed by atoms with Crippen molar-refractivity contribution < 1.29 is 28.6 Å². The number of urea groups is 1. The van der Waals surface area contributed by atoms with E-state index in [0.29, 0.717) is 24.7 Å². The van der Waals surface area contributed by atoms with Crippen LogP contribution in [0.15, 0.2) is 42.5 Å². The second kappa shape index (κ2) is 9.01. The second-order valence-electron chi connectivity index (χ2n) is 8.34. The van der Waals surface area contributed by atoms with Crippen LogP contribution >= 0.6 is 0 Å². The van der Waals surface area contributed by atoms with E-state index in [1.54, 1.807) is 26.1 Å². The van der Waals surface area contributed by atoms with Crippen molar-refractivity contribution in [1.82, 2.24) is 15.1 Å². The van der Waals surface area contributed by atoms with Crippen LogP contribution in [-0.4, -0.2) is 60.2 Å². The number of carbonyl (C=O) groups excluding carboxylic acids is 3. The van der Waals surface area contributed by atoms with E-state index in [4.69, 9.17) is 14.2 Å². The summed E-state index contributed by atoms with van der Waals surface area (Å²) in [6.07, 6.45) is 0.265. The predicted octanol–water partition coefficient (Wildman–Crippen LogP) is 2.33. The zero-order chi connectivity index (χ0) is 23.6. The third-order valence-corrected chi connectivity index (χ3v) is 5.71. The number of hydrogen-bond donors (Lipinski definition) is 1. The normalized spacial score (nSPS) is 18.9. The third-order valence-electron chi connectivity index (χ3n) is 5.71. The van der Waals surface area contributed by atoms with E-state index in [0.717, 1.165) is 21.8 Å². The maximum Gasteiger partial charge on any atom is 0.325 e. The Morgan fingerprint density at radius 1 is 1.12 bits per heavy atom. The Balaban J connectivity index is 1.38. The topological polar surface area (TPSA) is 97.4 Å². The maximum absolute atomic E-state index is 13.1. The molecule has 1 saturated heterocycles. The SMILES string of the molecule is CCOc1ccc(CN(C)C(=O)CN2C(=O)NC(C)(Cc3ccc4c(c3)OCO4)C2=O)cc1. The molecule has 2 heterocycles. The number of nitrogens with zero attached hydrogens (tertiary/aromatic N) is 2. The van der Waals surface area contributed by atoms with Gasteiger partial charge < -0.3 is 24.4 Å². The van der Waals surface area contributed by atoms with Crippen molar-refractivity contribution >= 4 is 17.8 Å². The van der Waals surface area contributed by atoms with E-state index in [1.165, 1.54) is 4.90 Å². The summed E-state index contributed by atoms with van der Waals surface area (Å²) in [5, 5.41) is 2.74. The highest BCUT2D eigenvalue weighted by molar-refractivity contribution is 6.08. The van der Waals surface area contributed by atoms with E-state index in [2.05, 4.69) is 5.32 Å². The van der Waals surface area contributed by atoms with Gasteiger partial charge in [0.05, 0.1) is 6.61 Å². The van der Waals surface area contributed by atoms with Crippen molar-refractivity contribution in [1.29, 1.82) is 0 Å². The molecular weight excluding hydrogens is 426 g/mol. The monoisotopic (exact) mass is 453 g/mol. The van der Waals surface area contributed by atoms with Gasteiger partial charge in [-0.05, 0) is 49.2 Å². The Bertz CT molecular complexity index is 1070. The minimum Gasteiger partial charge on any atom is -0.494 e. The predicted molar refractivity (Wildman–Crippen MR) is 119 cm³/mol. The third kappa shape index (κ3) is 4.72. The summed E-state index contributed by atoms with van der Waals surface area (Å²) in [6, 6.07) is 12.3. The largest absolute Gasteiger partial charge is 0.494 e. The molecule has 2 aliphatic rings. The summed E-state index contributed by atoms with van der Waals surface area (Å²) in [4.78, 5) is 40.9. The van der Waals surface area contributed by atoms with Gasteiger partial charge in [-0.1, -0.05) is 18.2 Å². The molecule has 1 unspecified atom stereocenters. The summed E-state index contributed by atoms with van der Waals surface area (Å²) in [5.74, 6) is 1.24. The number of rotatable bonds is 8. The van der Waals surface area contributed by atoms with Crippen LogP contribution in [-0.2, 0) is 22.6 Å². The first-order valence-electron chi connectivity index (χ1n) is 10.8. The Kier molecular flexibility index (Phi) is 6.13. The van der Waals surface area contributed by atoms with Crippen LogP contribution in [0, 0.1) is 0 Å². The van der Waals surface area contributed by atoms with Crippen LogP contribution in [0.25, 0.3) is 0 Å². The zero-order valence-electron chi connectivity index (χ0n) is 18.9. The molecule has 4 rings (SSSR count). The molecule has 0 aliphatic carbocycles. The molecule has 1 fully saturated rings. The number of likely N-dealkylation sites (N-methyl/N-ethyl adjacent to an activating group) is 1. The molecular formula is C24H27N3O6. The molecule has 33 heavy (non-hydrogen) atoms. The molecule has 174 valence electrons. The first-order chi connectivity index (χ1) is 15.8. The Morgan fingerprint density at radius 3 is 2.55 bits per heavy atom. The second-order valence-corrected chi connectivity index (χ2v) is 8.34.